The van der Waals surface area contributed by atoms with Gasteiger partial charge in [-0.3, -0.25) is 4.79 Å². The van der Waals surface area contributed by atoms with Crippen molar-refractivity contribution < 1.29 is 19.4 Å². The largest absolute Gasteiger partial charge is 0.393 e. The number of morpholine rings is 1. The lowest BCUT2D eigenvalue weighted by Crippen LogP contribution is -2.44. The lowest BCUT2D eigenvalue weighted by molar-refractivity contribution is -0.140. The third kappa shape index (κ3) is 5.53. The molecule has 1 amide bonds. The van der Waals surface area contributed by atoms with E-state index in [1.807, 2.05) is 11.1 Å². The predicted molar refractivity (Wildman–Crippen MR) is 137 cm³/mol. The number of hydrogen-bond acceptors (Lipinski definition) is 7. The molecule has 9 nitrogen and oxygen atoms in total. The van der Waals surface area contributed by atoms with E-state index in [2.05, 4.69) is 27.8 Å². The zero-order valence-corrected chi connectivity index (χ0v) is 21.7. The van der Waals surface area contributed by atoms with Gasteiger partial charge in [-0.1, -0.05) is 0 Å². The molecule has 36 heavy (non-hydrogen) atoms. The summed E-state index contributed by atoms with van der Waals surface area (Å²) in [5.41, 5.74) is 3.61. The zero-order valence-electron chi connectivity index (χ0n) is 21.7. The number of nitrogens with one attached hydrogen (secondary N) is 1. The van der Waals surface area contributed by atoms with Crippen LogP contribution in [-0.2, 0) is 14.3 Å². The number of fused-ring (bicyclic) bond motifs is 1. The van der Waals surface area contributed by atoms with E-state index in [4.69, 9.17) is 14.6 Å². The molecule has 9 heteroatoms. The second kappa shape index (κ2) is 11.4. The third-order valence-electron chi connectivity index (χ3n) is 8.32. The van der Waals surface area contributed by atoms with Crippen LogP contribution in [0, 0.1) is 5.92 Å². The Kier molecular flexibility index (Phi) is 8.08. The molecule has 0 aromatic carbocycles. The number of anilines is 1. The van der Waals surface area contributed by atoms with Gasteiger partial charge in [-0.2, -0.15) is 0 Å². The van der Waals surface area contributed by atoms with Crippen LogP contribution in [0.15, 0.2) is 12.3 Å². The van der Waals surface area contributed by atoms with Gasteiger partial charge in [-0.15, -0.1) is 5.10 Å². The van der Waals surface area contributed by atoms with Crippen LogP contribution in [0.1, 0.15) is 81.4 Å². The molecule has 3 aliphatic rings. The molecular formula is C27H41N5O4. The minimum Gasteiger partial charge on any atom is -0.393 e. The molecule has 2 aromatic rings. The van der Waals surface area contributed by atoms with E-state index in [0.29, 0.717) is 43.5 Å². The molecule has 1 atom stereocenters. The Morgan fingerprint density at radius 2 is 1.83 bits per heavy atom. The van der Waals surface area contributed by atoms with Gasteiger partial charge >= 0.3 is 0 Å². The smallest absolute Gasteiger partial charge is 0.241 e. The molecule has 2 aromatic heterocycles. The Morgan fingerprint density at radius 1 is 1.14 bits per heavy atom. The van der Waals surface area contributed by atoms with E-state index in [9.17, 15) is 9.90 Å². The first-order valence-corrected chi connectivity index (χ1v) is 13.7. The van der Waals surface area contributed by atoms with Crippen molar-refractivity contribution in [3.63, 3.8) is 0 Å². The number of ether oxygens (including phenoxy) is 2. The van der Waals surface area contributed by atoms with Crippen LogP contribution in [0.25, 0.3) is 5.52 Å². The topological polar surface area (TPSA) is 101 Å². The molecule has 2 saturated carbocycles. The van der Waals surface area contributed by atoms with Crippen molar-refractivity contribution in [1.82, 2.24) is 19.5 Å². The maximum atomic E-state index is 13.0. The molecule has 3 heterocycles. The molecular weight excluding hydrogens is 458 g/mol. The van der Waals surface area contributed by atoms with Gasteiger partial charge in [0.25, 0.3) is 0 Å². The standard InChI is InChI=1S/C27H41N5O4/c1-18(17-35-2)29-27-28-16-25-23(15-24(32(25)30-27)20-7-9-22(33)10-8-20)19-3-5-21(6-4-19)26(34)31-11-13-36-14-12-31/h15-16,18-22,33H,3-14,17H2,1-2H3,(H,29,30)/t18-,19-,20?,21-,22?/m0/s1. The molecule has 1 saturated heterocycles. The Balaban J connectivity index is 1.36. The van der Waals surface area contributed by atoms with Crippen molar-refractivity contribution in [3.05, 3.63) is 23.5 Å². The molecule has 0 radical (unpaired) electrons. The van der Waals surface area contributed by atoms with Gasteiger partial charge in [0.2, 0.25) is 11.9 Å². The van der Waals surface area contributed by atoms with E-state index in [0.717, 1.165) is 70.0 Å². The second-order valence-corrected chi connectivity index (χ2v) is 10.9. The van der Waals surface area contributed by atoms with E-state index in [1.54, 1.807) is 7.11 Å². The van der Waals surface area contributed by atoms with Crippen LogP contribution in [0.4, 0.5) is 5.95 Å². The summed E-state index contributed by atoms with van der Waals surface area (Å²) < 4.78 is 12.8. The van der Waals surface area contributed by atoms with Gasteiger partial charge in [0, 0.05) is 43.8 Å². The Morgan fingerprint density at radius 3 is 2.53 bits per heavy atom. The Hall–Kier alpha value is -2.23. The number of carbonyl (C=O) groups excluding carboxylic acids is 1. The normalized spacial score (nSPS) is 28.2. The van der Waals surface area contributed by atoms with Gasteiger partial charge in [0.15, 0.2) is 0 Å². The maximum absolute atomic E-state index is 13.0. The summed E-state index contributed by atoms with van der Waals surface area (Å²) in [4.78, 5) is 19.7. The third-order valence-corrected chi connectivity index (χ3v) is 8.32. The number of nitrogens with zero attached hydrogens (tertiary/aromatic N) is 4. The molecule has 0 bridgehead atoms. The lowest BCUT2D eigenvalue weighted by Gasteiger charge is -2.34. The number of rotatable bonds is 7. The van der Waals surface area contributed by atoms with Gasteiger partial charge < -0.3 is 24.8 Å². The summed E-state index contributed by atoms with van der Waals surface area (Å²) in [6, 6.07) is 2.46. The van der Waals surface area contributed by atoms with Crippen LogP contribution in [0.2, 0.25) is 0 Å². The fourth-order valence-electron chi connectivity index (χ4n) is 6.30. The first kappa shape index (κ1) is 25.4. The minimum absolute atomic E-state index is 0.107. The quantitative estimate of drug-likeness (QED) is 0.603. The summed E-state index contributed by atoms with van der Waals surface area (Å²) in [5.74, 6) is 1.83. The number of aromatic nitrogens is 3. The molecule has 0 unspecified atom stereocenters. The van der Waals surface area contributed by atoms with Gasteiger partial charge in [0.1, 0.15) is 0 Å². The molecule has 198 valence electrons. The summed E-state index contributed by atoms with van der Waals surface area (Å²) in [6.45, 7) is 5.38. The van der Waals surface area contributed by atoms with Crippen molar-refractivity contribution in [2.24, 2.45) is 5.92 Å². The van der Waals surface area contributed by atoms with Crippen LogP contribution in [0.3, 0.4) is 0 Å². The molecule has 5 rings (SSSR count). The van der Waals surface area contributed by atoms with Crippen molar-refractivity contribution in [3.8, 4) is 0 Å². The van der Waals surface area contributed by atoms with Crippen LogP contribution < -0.4 is 5.32 Å². The monoisotopic (exact) mass is 499 g/mol. The highest BCUT2D eigenvalue weighted by Crippen LogP contribution is 2.42. The number of amides is 1. The Labute approximate surface area is 213 Å². The molecule has 3 fully saturated rings. The highest BCUT2D eigenvalue weighted by atomic mass is 16.5. The zero-order chi connectivity index (χ0) is 25.1. The van der Waals surface area contributed by atoms with E-state index >= 15 is 0 Å². The van der Waals surface area contributed by atoms with E-state index in [-0.39, 0.29) is 18.1 Å². The number of aliphatic hydroxyl groups is 1. The fourth-order valence-corrected chi connectivity index (χ4v) is 6.30. The van der Waals surface area contributed by atoms with Crippen LogP contribution in [-0.4, -0.2) is 82.7 Å². The second-order valence-electron chi connectivity index (χ2n) is 10.9. The molecule has 2 N–H and O–H groups in total. The Bertz CT molecular complexity index is 1020. The van der Waals surface area contributed by atoms with Gasteiger partial charge in [0.05, 0.1) is 37.6 Å². The number of hydrogen-bond donors (Lipinski definition) is 2. The first-order chi connectivity index (χ1) is 17.5. The number of carbonyl (C=O) groups is 1. The lowest BCUT2D eigenvalue weighted by atomic mass is 9.78. The predicted octanol–water partition coefficient (Wildman–Crippen LogP) is 3.33. The minimum atomic E-state index is -0.187. The molecule has 0 spiro atoms. The average molecular weight is 500 g/mol. The van der Waals surface area contributed by atoms with Crippen molar-refractivity contribution in [2.75, 3.05) is 45.3 Å². The van der Waals surface area contributed by atoms with Crippen LogP contribution >= 0.6 is 0 Å². The summed E-state index contributed by atoms with van der Waals surface area (Å²) in [5, 5.41) is 18.3. The highest BCUT2D eigenvalue weighted by molar-refractivity contribution is 5.79. The maximum Gasteiger partial charge on any atom is 0.241 e. The number of methoxy groups -OCH3 is 1. The summed E-state index contributed by atoms with van der Waals surface area (Å²) >= 11 is 0. The summed E-state index contributed by atoms with van der Waals surface area (Å²) in [6.07, 6.45) is 9.26. The van der Waals surface area contributed by atoms with E-state index < -0.39 is 0 Å². The molecule has 1 aliphatic heterocycles. The summed E-state index contributed by atoms with van der Waals surface area (Å²) in [7, 11) is 1.69. The van der Waals surface area contributed by atoms with Gasteiger partial charge in [-0.05, 0) is 75.8 Å². The SMILES string of the molecule is COC[C@H](C)Nc1ncc2c([C@H]3CC[C@H](C(=O)N4CCOCC4)CC3)cc(C3CCC(O)CC3)n2n1. The van der Waals surface area contributed by atoms with Crippen molar-refractivity contribution in [1.29, 1.82) is 0 Å². The van der Waals surface area contributed by atoms with E-state index in [1.165, 1.54) is 11.3 Å². The highest BCUT2D eigenvalue weighted by Gasteiger charge is 2.33. The van der Waals surface area contributed by atoms with Crippen LogP contribution in [0.5, 0.6) is 0 Å². The van der Waals surface area contributed by atoms with Gasteiger partial charge in [-0.25, -0.2) is 9.50 Å². The average Bonchev–Trinajstić information content (AvgIpc) is 3.28. The number of aliphatic hydroxyl groups excluding tert-OH is 1. The first-order valence-electron chi connectivity index (χ1n) is 13.7. The molecule has 2 aliphatic carbocycles. The van der Waals surface area contributed by atoms with Crippen molar-refractivity contribution >= 4 is 17.4 Å². The fraction of sp³-hybridized carbons (Fsp3) is 0.741. The van der Waals surface area contributed by atoms with Crippen molar-refractivity contribution in [2.45, 2.75) is 82.3 Å².